The van der Waals surface area contributed by atoms with Crippen molar-refractivity contribution in [3.63, 3.8) is 0 Å². The summed E-state index contributed by atoms with van der Waals surface area (Å²) in [6.45, 7) is 12.2. The van der Waals surface area contributed by atoms with Gasteiger partial charge >= 0.3 is 0 Å². The third kappa shape index (κ3) is 4.35. The number of nitrogens with zero attached hydrogens (tertiary/aromatic N) is 1. The Morgan fingerprint density at radius 1 is 1.28 bits per heavy atom. The number of Topliss-reactive ketones (excluding diaryl/α,β-unsaturated/α-hetero) is 1. The maximum atomic E-state index is 11.3. The van der Waals surface area contributed by atoms with Crippen LogP contribution in [-0.2, 0) is 10.0 Å². The fourth-order valence-electron chi connectivity index (χ4n) is 1.48. The minimum atomic E-state index is -0.635. The summed E-state index contributed by atoms with van der Waals surface area (Å²) < 4.78 is 6.11. The zero-order chi connectivity index (χ0) is 14.0. The van der Waals surface area contributed by atoms with Crippen LogP contribution in [0.5, 0.6) is 0 Å². The zero-order valence-corrected chi connectivity index (χ0v) is 13.6. The van der Waals surface area contributed by atoms with Gasteiger partial charge in [-0.25, -0.2) is 0 Å². The molecule has 0 aliphatic rings. The lowest BCUT2D eigenvalue weighted by Gasteiger charge is -2.30. The molecular weight excluding hydrogens is 242 g/mol. The molecule has 0 bridgehead atoms. The highest BCUT2D eigenvalue weighted by Crippen LogP contribution is 2.29. The Bertz CT molecular complexity index is 436. The Morgan fingerprint density at radius 3 is 2.39 bits per heavy atom. The highest BCUT2D eigenvalue weighted by atomic mass is 28.2. The van der Waals surface area contributed by atoms with Gasteiger partial charge in [-0.15, -0.1) is 0 Å². The Balaban J connectivity index is 2.90. The molecule has 1 aromatic heterocycles. The first-order valence-corrected chi connectivity index (χ1v) is 7.52. The molecule has 0 fully saturated rings. The van der Waals surface area contributed by atoms with Gasteiger partial charge in [0.05, 0.1) is 5.60 Å². The molecule has 4 heteroatoms. The monoisotopic (exact) mass is 265 g/mol. The van der Waals surface area contributed by atoms with Gasteiger partial charge in [0, 0.05) is 13.1 Å². The second kappa shape index (κ2) is 5.32. The number of carbonyl (C=O) groups is 1. The van der Waals surface area contributed by atoms with Crippen LogP contribution in [-0.4, -0.2) is 20.5 Å². The number of hydrogen-bond donors (Lipinski definition) is 0. The average molecular weight is 265 g/mol. The molecule has 0 amide bonds. The largest absolute Gasteiger partial charge is 0.415 e. The predicted molar refractivity (Wildman–Crippen MR) is 76.6 cm³/mol. The van der Waals surface area contributed by atoms with E-state index in [2.05, 4.69) is 25.8 Å². The van der Waals surface area contributed by atoms with E-state index in [0.717, 1.165) is 5.56 Å². The number of hydrogen-bond acceptors (Lipinski definition) is 3. The zero-order valence-electron chi connectivity index (χ0n) is 12.2. The van der Waals surface area contributed by atoms with E-state index in [1.807, 2.05) is 26.0 Å². The topological polar surface area (TPSA) is 39.2 Å². The molecule has 0 unspecified atom stereocenters. The minimum absolute atomic E-state index is 0.0132. The molecule has 0 radical (unpaired) electrons. The second-order valence-electron chi connectivity index (χ2n) is 6.35. The van der Waals surface area contributed by atoms with Crippen molar-refractivity contribution >= 4 is 15.5 Å². The van der Waals surface area contributed by atoms with Crippen LogP contribution < -0.4 is 0 Å². The Hall–Kier alpha value is -1.00. The molecule has 1 rings (SSSR count). The lowest BCUT2D eigenvalue weighted by atomic mass is 9.98. The lowest BCUT2D eigenvalue weighted by Crippen LogP contribution is -2.28. The standard InChI is InChI=1S/C14H23NO2Si/c1-10(16)12-9-11(7-8-15-12)14(5,6)17-18-13(2,3)4/h7-9H,18H2,1-6H3. The van der Waals surface area contributed by atoms with Crippen molar-refractivity contribution in [2.24, 2.45) is 0 Å². The number of carbonyl (C=O) groups excluding carboxylic acids is 1. The van der Waals surface area contributed by atoms with Gasteiger partial charge in [0.15, 0.2) is 15.5 Å². The summed E-state index contributed by atoms with van der Waals surface area (Å²) >= 11 is 0. The van der Waals surface area contributed by atoms with E-state index in [9.17, 15) is 4.79 Å². The first-order chi connectivity index (χ1) is 8.12. The van der Waals surface area contributed by atoms with Crippen LogP contribution in [0.3, 0.4) is 0 Å². The second-order valence-corrected chi connectivity index (χ2v) is 9.04. The number of pyridine rings is 1. The minimum Gasteiger partial charge on any atom is -0.415 e. The van der Waals surface area contributed by atoms with Gasteiger partial charge in [0.2, 0.25) is 0 Å². The Kier molecular flexibility index (Phi) is 4.45. The average Bonchev–Trinajstić information content (AvgIpc) is 2.26. The fourth-order valence-corrected chi connectivity index (χ4v) is 2.44. The molecular formula is C14H23NO2Si. The Morgan fingerprint density at radius 2 is 1.89 bits per heavy atom. The maximum Gasteiger partial charge on any atom is 0.178 e. The van der Waals surface area contributed by atoms with E-state index in [4.69, 9.17) is 4.43 Å². The summed E-state index contributed by atoms with van der Waals surface area (Å²) in [5, 5.41) is 0.258. The van der Waals surface area contributed by atoms with Gasteiger partial charge in [-0.1, -0.05) is 20.8 Å². The SMILES string of the molecule is CC(=O)c1cc(C(C)(C)O[SiH2]C(C)(C)C)ccn1. The van der Waals surface area contributed by atoms with Crippen LogP contribution >= 0.6 is 0 Å². The van der Waals surface area contributed by atoms with Crippen molar-refractivity contribution < 1.29 is 9.22 Å². The maximum absolute atomic E-state index is 11.3. The van der Waals surface area contributed by atoms with E-state index in [0.29, 0.717) is 5.69 Å². The lowest BCUT2D eigenvalue weighted by molar-refractivity contribution is 0.100. The van der Waals surface area contributed by atoms with Gasteiger partial charge in [0.1, 0.15) is 5.69 Å². The number of rotatable bonds is 4. The molecule has 0 aromatic carbocycles. The predicted octanol–water partition coefficient (Wildman–Crippen LogP) is 2.84. The first kappa shape index (κ1) is 15.1. The number of aromatic nitrogens is 1. The van der Waals surface area contributed by atoms with E-state index in [1.165, 1.54) is 6.92 Å². The van der Waals surface area contributed by atoms with Crippen LogP contribution in [0, 0.1) is 0 Å². The summed E-state index contributed by atoms with van der Waals surface area (Å²) in [5.41, 5.74) is 1.16. The highest BCUT2D eigenvalue weighted by molar-refractivity contribution is 6.31. The summed E-state index contributed by atoms with van der Waals surface area (Å²) in [6, 6.07) is 3.75. The molecule has 0 aliphatic carbocycles. The molecule has 1 aromatic rings. The van der Waals surface area contributed by atoms with Crippen molar-refractivity contribution in [1.29, 1.82) is 0 Å². The Labute approximate surface area is 112 Å². The van der Waals surface area contributed by atoms with Crippen LogP contribution in [0.4, 0.5) is 0 Å². The smallest absolute Gasteiger partial charge is 0.178 e. The third-order valence-electron chi connectivity index (χ3n) is 2.68. The molecule has 0 saturated heterocycles. The van der Waals surface area contributed by atoms with Crippen molar-refractivity contribution in [1.82, 2.24) is 4.98 Å². The fraction of sp³-hybridized carbons (Fsp3) is 0.571. The van der Waals surface area contributed by atoms with E-state index in [1.54, 1.807) is 6.20 Å². The first-order valence-electron chi connectivity index (χ1n) is 6.23. The highest BCUT2D eigenvalue weighted by Gasteiger charge is 2.25. The molecule has 18 heavy (non-hydrogen) atoms. The van der Waals surface area contributed by atoms with Crippen LogP contribution in [0.25, 0.3) is 0 Å². The quantitative estimate of drug-likeness (QED) is 0.621. The van der Waals surface area contributed by atoms with Crippen LogP contribution in [0.1, 0.15) is 57.6 Å². The van der Waals surface area contributed by atoms with Gasteiger partial charge in [0.25, 0.3) is 0 Å². The molecule has 0 N–H and O–H groups in total. The van der Waals surface area contributed by atoms with Gasteiger partial charge < -0.3 is 4.43 Å². The van der Waals surface area contributed by atoms with Gasteiger partial charge in [-0.3, -0.25) is 9.78 Å². The van der Waals surface area contributed by atoms with Gasteiger partial charge in [-0.05, 0) is 36.6 Å². The van der Waals surface area contributed by atoms with Crippen LogP contribution in [0.15, 0.2) is 18.3 Å². The van der Waals surface area contributed by atoms with Crippen LogP contribution in [0.2, 0.25) is 5.04 Å². The van der Waals surface area contributed by atoms with Crippen molar-refractivity contribution in [3.8, 4) is 0 Å². The van der Waals surface area contributed by atoms with Gasteiger partial charge in [-0.2, -0.15) is 0 Å². The molecule has 0 spiro atoms. The number of ketones is 1. The molecule has 0 saturated carbocycles. The normalized spacial score (nSPS) is 13.2. The molecule has 1 heterocycles. The third-order valence-corrected chi connectivity index (χ3v) is 4.41. The molecule has 0 atom stereocenters. The van der Waals surface area contributed by atoms with E-state index >= 15 is 0 Å². The summed E-state index contributed by atoms with van der Waals surface area (Å²) in [5.74, 6) is -0.0132. The van der Waals surface area contributed by atoms with Crippen molar-refractivity contribution in [2.75, 3.05) is 0 Å². The molecule has 100 valence electrons. The van der Waals surface area contributed by atoms with E-state index < -0.39 is 9.76 Å². The molecule has 0 aliphatic heterocycles. The summed E-state index contributed by atoms with van der Waals surface area (Å²) in [6.07, 6.45) is 1.68. The summed E-state index contributed by atoms with van der Waals surface area (Å²) in [7, 11) is -0.635. The summed E-state index contributed by atoms with van der Waals surface area (Å²) in [4.78, 5) is 15.4. The van der Waals surface area contributed by atoms with Crippen molar-refractivity contribution in [2.45, 2.75) is 52.2 Å². The van der Waals surface area contributed by atoms with Crippen molar-refractivity contribution in [3.05, 3.63) is 29.6 Å². The molecule has 3 nitrogen and oxygen atoms in total. The van der Waals surface area contributed by atoms with E-state index in [-0.39, 0.29) is 16.4 Å².